The number of nitrogens with one attached hydrogen (secondary N) is 1. The Labute approximate surface area is 132 Å². The molecule has 1 amide bonds. The zero-order valence-corrected chi connectivity index (χ0v) is 12.6. The number of benzene rings is 1. The average Bonchev–Trinajstić information content (AvgIpc) is 2.79. The van der Waals surface area contributed by atoms with Gasteiger partial charge in [-0.05, 0) is 17.7 Å². The van der Waals surface area contributed by atoms with Crippen LogP contribution in [-0.2, 0) is 14.9 Å². The molecule has 0 aliphatic carbocycles. The molecule has 6 nitrogen and oxygen atoms in total. The maximum atomic E-state index is 12.3. The van der Waals surface area contributed by atoms with Crippen molar-refractivity contribution in [1.82, 2.24) is 5.32 Å². The molecule has 1 aromatic carbocycles. The summed E-state index contributed by atoms with van der Waals surface area (Å²) in [5.74, 6) is -0.852. The fourth-order valence-corrected chi connectivity index (χ4v) is 2.75. The molecule has 122 valence electrons. The zero-order chi connectivity index (χ0) is 16.7. The van der Waals surface area contributed by atoms with Crippen molar-refractivity contribution in [2.75, 3.05) is 6.61 Å². The van der Waals surface area contributed by atoms with Crippen molar-refractivity contribution in [1.29, 1.82) is 0 Å². The van der Waals surface area contributed by atoms with Gasteiger partial charge in [-0.3, -0.25) is 0 Å². The first kappa shape index (κ1) is 17.0. The quantitative estimate of drug-likeness (QED) is 0.644. The van der Waals surface area contributed by atoms with E-state index in [1.165, 1.54) is 0 Å². The molecule has 12 heteroatoms. The Bertz CT molecular complexity index is 699. The highest BCUT2D eigenvalue weighted by Gasteiger charge is 2.49. The first-order valence-corrected chi connectivity index (χ1v) is 7.60. The van der Waals surface area contributed by atoms with Crippen LogP contribution in [0.5, 0.6) is 5.75 Å². The largest absolute Gasteiger partial charge is 0.534 e. The molecular formula is C10H6Cl2F3NO5S. The molecular weight excluding hydrogens is 374 g/mol. The SMILES string of the molecule is O=C1N[C@H](c2cc(Cl)c(OS(=O)(=O)C(F)(F)F)c(Cl)c2)CO1. The highest BCUT2D eigenvalue weighted by molar-refractivity contribution is 7.88. The summed E-state index contributed by atoms with van der Waals surface area (Å²) in [4.78, 5) is 10.9. The lowest BCUT2D eigenvalue weighted by molar-refractivity contribution is -0.0500. The molecule has 1 aromatic rings. The van der Waals surface area contributed by atoms with Crippen molar-refractivity contribution in [3.05, 3.63) is 27.7 Å². The van der Waals surface area contributed by atoms with E-state index in [1.807, 2.05) is 0 Å². The molecule has 1 atom stereocenters. The topological polar surface area (TPSA) is 81.7 Å². The highest BCUT2D eigenvalue weighted by atomic mass is 35.5. The van der Waals surface area contributed by atoms with Crippen LogP contribution in [0.2, 0.25) is 10.0 Å². The van der Waals surface area contributed by atoms with Crippen LogP contribution in [0.15, 0.2) is 12.1 Å². The summed E-state index contributed by atoms with van der Waals surface area (Å²) in [6.45, 7) is -0.0352. The molecule has 1 aliphatic rings. The Balaban J connectivity index is 2.34. The number of ether oxygens (including phenoxy) is 1. The fraction of sp³-hybridized carbons (Fsp3) is 0.300. The third-order valence-electron chi connectivity index (χ3n) is 2.57. The van der Waals surface area contributed by atoms with Crippen LogP contribution in [0.4, 0.5) is 18.0 Å². The normalized spacial score (nSPS) is 18.8. The van der Waals surface area contributed by atoms with Gasteiger partial charge in [-0.2, -0.15) is 21.6 Å². The van der Waals surface area contributed by atoms with Gasteiger partial charge >= 0.3 is 21.7 Å². The zero-order valence-electron chi connectivity index (χ0n) is 10.3. The van der Waals surface area contributed by atoms with Gasteiger partial charge in [0.2, 0.25) is 0 Å². The Morgan fingerprint density at radius 1 is 1.27 bits per heavy atom. The van der Waals surface area contributed by atoms with E-state index in [0.29, 0.717) is 5.56 Å². The van der Waals surface area contributed by atoms with Crippen molar-refractivity contribution in [2.45, 2.75) is 11.6 Å². The van der Waals surface area contributed by atoms with Gasteiger partial charge < -0.3 is 14.2 Å². The summed E-state index contributed by atoms with van der Waals surface area (Å²) in [6.07, 6.45) is -0.683. The van der Waals surface area contributed by atoms with E-state index in [-0.39, 0.29) is 6.61 Å². The Hall–Kier alpha value is -1.39. The molecule has 1 heterocycles. The summed E-state index contributed by atoms with van der Waals surface area (Å²) < 4.78 is 67.4. The number of carbonyl (C=O) groups excluding carboxylic acids is 1. The lowest BCUT2D eigenvalue weighted by Crippen LogP contribution is -2.28. The Morgan fingerprint density at radius 2 is 1.82 bits per heavy atom. The third-order valence-corrected chi connectivity index (χ3v) is 4.09. The Kier molecular flexibility index (Phi) is 4.37. The molecule has 0 unspecified atom stereocenters. The van der Waals surface area contributed by atoms with E-state index in [4.69, 9.17) is 23.2 Å². The third kappa shape index (κ3) is 3.33. The maximum Gasteiger partial charge on any atom is 0.534 e. The molecule has 0 saturated carbocycles. The van der Waals surface area contributed by atoms with Crippen molar-refractivity contribution >= 4 is 39.4 Å². The van der Waals surface area contributed by atoms with Gasteiger partial charge in [0.15, 0.2) is 5.75 Å². The van der Waals surface area contributed by atoms with Gasteiger partial charge in [-0.15, -0.1) is 0 Å². The molecule has 0 radical (unpaired) electrons. The van der Waals surface area contributed by atoms with Crippen molar-refractivity contribution in [3.8, 4) is 5.75 Å². The predicted molar refractivity (Wildman–Crippen MR) is 69.3 cm³/mol. The number of amides is 1. The summed E-state index contributed by atoms with van der Waals surface area (Å²) in [5, 5.41) is 1.48. The number of hydrogen-bond acceptors (Lipinski definition) is 5. The van der Waals surface area contributed by atoms with Gasteiger partial charge in [-0.1, -0.05) is 23.2 Å². The van der Waals surface area contributed by atoms with Crippen LogP contribution >= 0.6 is 23.2 Å². The van der Waals surface area contributed by atoms with E-state index in [2.05, 4.69) is 14.2 Å². The van der Waals surface area contributed by atoms with Crippen molar-refractivity contribution in [2.24, 2.45) is 0 Å². The summed E-state index contributed by atoms with van der Waals surface area (Å²) in [6, 6.07) is 1.62. The molecule has 1 fully saturated rings. The molecule has 1 saturated heterocycles. The Morgan fingerprint density at radius 3 is 2.23 bits per heavy atom. The summed E-state index contributed by atoms with van der Waals surface area (Å²) >= 11 is 11.4. The monoisotopic (exact) mass is 379 g/mol. The fourth-order valence-electron chi connectivity index (χ4n) is 1.58. The van der Waals surface area contributed by atoms with Crippen LogP contribution in [0.3, 0.4) is 0 Å². The van der Waals surface area contributed by atoms with Crippen molar-refractivity contribution < 1.29 is 35.3 Å². The first-order valence-electron chi connectivity index (χ1n) is 5.44. The number of alkyl halides is 3. The van der Waals surface area contributed by atoms with E-state index in [1.54, 1.807) is 0 Å². The minimum atomic E-state index is -5.90. The van der Waals surface area contributed by atoms with E-state index >= 15 is 0 Å². The van der Waals surface area contributed by atoms with E-state index < -0.39 is 43.6 Å². The molecule has 2 rings (SSSR count). The number of cyclic esters (lactones) is 1. The van der Waals surface area contributed by atoms with Crippen LogP contribution in [0, 0.1) is 0 Å². The predicted octanol–water partition coefficient (Wildman–Crippen LogP) is 3.00. The van der Waals surface area contributed by atoms with E-state index in [9.17, 15) is 26.4 Å². The first-order chi connectivity index (χ1) is 10.0. The number of carbonyl (C=O) groups is 1. The number of rotatable bonds is 3. The summed E-state index contributed by atoms with van der Waals surface area (Å²) in [5.41, 5.74) is -5.30. The van der Waals surface area contributed by atoms with Gasteiger partial charge in [0, 0.05) is 0 Å². The molecule has 1 N–H and O–H groups in total. The number of hydrogen-bond donors (Lipinski definition) is 1. The van der Waals surface area contributed by atoms with Crippen LogP contribution in [-0.4, -0.2) is 26.6 Å². The minimum absolute atomic E-state index is 0.0352. The molecule has 22 heavy (non-hydrogen) atoms. The van der Waals surface area contributed by atoms with Gasteiger partial charge in [0.05, 0.1) is 16.1 Å². The van der Waals surface area contributed by atoms with Crippen molar-refractivity contribution in [3.63, 3.8) is 0 Å². The molecule has 0 spiro atoms. The summed E-state index contributed by atoms with van der Waals surface area (Å²) in [7, 11) is -5.90. The molecule has 0 aromatic heterocycles. The standard InChI is InChI=1S/C10H6Cl2F3NO5S/c11-5-1-4(7-3-20-9(17)16-7)2-6(12)8(5)21-22(18,19)10(13,14)15/h1-2,7H,3H2,(H,16,17)/t7-/m0/s1. The second-order valence-electron chi connectivity index (χ2n) is 4.09. The second-order valence-corrected chi connectivity index (χ2v) is 6.44. The van der Waals surface area contributed by atoms with E-state index in [0.717, 1.165) is 12.1 Å². The average molecular weight is 380 g/mol. The van der Waals surface area contributed by atoms with Gasteiger partial charge in [0.1, 0.15) is 6.61 Å². The number of alkyl carbamates (subject to hydrolysis) is 1. The second kappa shape index (κ2) is 5.67. The lowest BCUT2D eigenvalue weighted by atomic mass is 10.1. The minimum Gasteiger partial charge on any atom is -0.447 e. The maximum absolute atomic E-state index is 12.3. The highest BCUT2D eigenvalue weighted by Crippen LogP contribution is 2.39. The number of halogens is 5. The van der Waals surface area contributed by atoms with Crippen LogP contribution in [0.1, 0.15) is 11.6 Å². The molecule has 0 bridgehead atoms. The van der Waals surface area contributed by atoms with Gasteiger partial charge in [-0.25, -0.2) is 4.79 Å². The van der Waals surface area contributed by atoms with Crippen LogP contribution < -0.4 is 9.50 Å². The van der Waals surface area contributed by atoms with Crippen LogP contribution in [0.25, 0.3) is 0 Å². The van der Waals surface area contributed by atoms with Gasteiger partial charge in [0.25, 0.3) is 0 Å². The molecule has 1 aliphatic heterocycles. The lowest BCUT2D eigenvalue weighted by Gasteiger charge is -2.14. The smallest absolute Gasteiger partial charge is 0.447 e.